The van der Waals surface area contributed by atoms with Gasteiger partial charge in [-0.2, -0.15) is 0 Å². The van der Waals surface area contributed by atoms with Crippen molar-refractivity contribution in [3.63, 3.8) is 0 Å². The third-order valence-corrected chi connectivity index (χ3v) is 4.50. The highest BCUT2D eigenvalue weighted by Gasteiger charge is 2.36. The van der Waals surface area contributed by atoms with Gasteiger partial charge in [0.25, 0.3) is 0 Å². The van der Waals surface area contributed by atoms with Gasteiger partial charge in [0.2, 0.25) is 12.5 Å². The number of carbonyl (C=O) groups is 2. The number of carbonyl (C=O) groups excluding carboxylic acids is 2. The summed E-state index contributed by atoms with van der Waals surface area (Å²) in [5, 5.41) is 0. The fraction of sp³-hybridized carbons (Fsp3) is 0.429. The maximum Gasteiger partial charge on any atom is 0.319 e. The highest BCUT2D eigenvalue weighted by molar-refractivity contribution is 5.87. The fourth-order valence-corrected chi connectivity index (χ4v) is 2.69. The van der Waals surface area contributed by atoms with Gasteiger partial charge in [0.15, 0.2) is 11.5 Å². The summed E-state index contributed by atoms with van der Waals surface area (Å²) in [5.41, 5.74) is 0.512. The summed E-state index contributed by atoms with van der Waals surface area (Å²) in [4.78, 5) is 25.5. The summed E-state index contributed by atoms with van der Waals surface area (Å²) in [6.45, 7) is 8.54. The Morgan fingerprint density at radius 3 is 2.21 bits per heavy atom. The molecule has 1 aromatic rings. The van der Waals surface area contributed by atoms with Gasteiger partial charge in [-0.1, -0.05) is 6.92 Å². The normalized spacial score (nSPS) is 15.6. The van der Waals surface area contributed by atoms with Gasteiger partial charge in [-0.3, -0.25) is 9.59 Å². The minimum Gasteiger partial charge on any atom is -0.493 e. The maximum atomic E-state index is 12.9. The molecule has 0 amide bonds. The van der Waals surface area contributed by atoms with Crippen molar-refractivity contribution >= 4 is 11.9 Å². The summed E-state index contributed by atoms with van der Waals surface area (Å²) >= 11 is 0. The predicted molar refractivity (Wildman–Crippen MR) is 102 cm³/mol. The van der Waals surface area contributed by atoms with Gasteiger partial charge in [-0.25, -0.2) is 0 Å². The van der Waals surface area contributed by atoms with Crippen molar-refractivity contribution < 1.29 is 33.3 Å². The molecule has 0 aromatic heterocycles. The maximum absolute atomic E-state index is 12.9. The van der Waals surface area contributed by atoms with Crippen molar-refractivity contribution in [3.05, 3.63) is 41.4 Å². The van der Waals surface area contributed by atoms with Crippen molar-refractivity contribution in [2.75, 3.05) is 13.9 Å². The quantitative estimate of drug-likeness (QED) is 0.513. The van der Waals surface area contributed by atoms with E-state index in [1.807, 2.05) is 0 Å². The summed E-state index contributed by atoms with van der Waals surface area (Å²) < 4.78 is 26.9. The lowest BCUT2D eigenvalue weighted by Crippen LogP contribution is -2.28. The second-order valence-corrected chi connectivity index (χ2v) is 6.36. The SMILES string of the molecule is CC=C(C)OC(=O)[C@H](c1cc(OC)c2c(c1)OCO2)[C@@H](C)C(=O)OC(C)=CC. The number of fused-ring (bicyclic) bond motifs is 1. The number of benzene rings is 1. The van der Waals surface area contributed by atoms with Gasteiger partial charge in [-0.15, -0.1) is 0 Å². The van der Waals surface area contributed by atoms with E-state index in [9.17, 15) is 9.59 Å². The first kappa shape index (κ1) is 21.3. The van der Waals surface area contributed by atoms with Gasteiger partial charge in [0, 0.05) is 0 Å². The van der Waals surface area contributed by atoms with Crippen LogP contribution in [-0.4, -0.2) is 25.8 Å². The number of allylic oxidation sites excluding steroid dienone is 4. The van der Waals surface area contributed by atoms with E-state index >= 15 is 0 Å². The van der Waals surface area contributed by atoms with E-state index in [1.54, 1.807) is 58.9 Å². The Bertz CT molecular complexity index is 807. The summed E-state index contributed by atoms with van der Waals surface area (Å²) in [6, 6.07) is 3.31. The molecule has 1 aliphatic rings. The van der Waals surface area contributed by atoms with Crippen LogP contribution in [0.5, 0.6) is 17.2 Å². The molecule has 1 aliphatic heterocycles. The molecule has 0 saturated heterocycles. The van der Waals surface area contributed by atoms with E-state index in [-0.39, 0.29) is 6.79 Å². The Morgan fingerprint density at radius 2 is 1.64 bits per heavy atom. The molecular weight excluding hydrogens is 364 g/mol. The van der Waals surface area contributed by atoms with Crippen LogP contribution in [0, 0.1) is 5.92 Å². The van der Waals surface area contributed by atoms with Gasteiger partial charge >= 0.3 is 11.9 Å². The average molecular weight is 390 g/mol. The van der Waals surface area contributed by atoms with Crippen LogP contribution in [0.3, 0.4) is 0 Å². The smallest absolute Gasteiger partial charge is 0.319 e. The van der Waals surface area contributed by atoms with Crippen molar-refractivity contribution in [1.82, 2.24) is 0 Å². The molecule has 152 valence electrons. The zero-order chi connectivity index (χ0) is 20.8. The van der Waals surface area contributed by atoms with Crippen LogP contribution >= 0.6 is 0 Å². The minimum atomic E-state index is -0.921. The second kappa shape index (κ2) is 9.30. The number of methoxy groups -OCH3 is 1. The van der Waals surface area contributed by atoms with Crippen LogP contribution in [0.1, 0.15) is 46.1 Å². The number of rotatable bonds is 7. The van der Waals surface area contributed by atoms with Crippen LogP contribution in [0.2, 0.25) is 0 Å². The Labute approximate surface area is 164 Å². The largest absolute Gasteiger partial charge is 0.493 e. The summed E-state index contributed by atoms with van der Waals surface area (Å²) in [5.74, 6) is -0.623. The molecule has 1 aromatic carbocycles. The molecule has 2 rings (SSSR count). The van der Waals surface area contributed by atoms with Gasteiger partial charge in [0.1, 0.15) is 11.5 Å². The zero-order valence-electron chi connectivity index (χ0n) is 17.0. The molecule has 0 radical (unpaired) electrons. The first-order valence-corrected chi connectivity index (χ1v) is 8.99. The monoisotopic (exact) mass is 390 g/mol. The standard InChI is InChI=1S/C21H26O7/c1-7-12(3)27-20(22)14(5)18(21(23)28-13(4)8-2)15-9-16(24-6)19-17(10-15)25-11-26-19/h7-10,14,18H,11H2,1-6H3/t14-,18+/m1/s1. The van der Waals surface area contributed by atoms with E-state index in [0.717, 1.165) is 0 Å². The topological polar surface area (TPSA) is 80.3 Å². The van der Waals surface area contributed by atoms with Crippen LogP contribution in [0.15, 0.2) is 35.8 Å². The number of esters is 2. The zero-order valence-corrected chi connectivity index (χ0v) is 17.0. The van der Waals surface area contributed by atoms with E-state index in [4.69, 9.17) is 23.7 Å². The minimum absolute atomic E-state index is 0.0556. The molecule has 28 heavy (non-hydrogen) atoms. The Kier molecular flexibility index (Phi) is 7.09. The number of hydrogen-bond acceptors (Lipinski definition) is 7. The lowest BCUT2D eigenvalue weighted by Gasteiger charge is -2.22. The van der Waals surface area contributed by atoms with Crippen molar-refractivity contribution in [2.24, 2.45) is 5.92 Å². The van der Waals surface area contributed by atoms with Gasteiger partial charge < -0.3 is 23.7 Å². The first-order chi connectivity index (χ1) is 13.3. The van der Waals surface area contributed by atoms with Gasteiger partial charge in [0.05, 0.1) is 18.9 Å². The molecule has 7 nitrogen and oxygen atoms in total. The molecule has 0 bridgehead atoms. The Hall–Kier alpha value is -2.96. The van der Waals surface area contributed by atoms with Crippen molar-refractivity contribution in [3.8, 4) is 17.2 Å². The Morgan fingerprint density at radius 1 is 1.04 bits per heavy atom. The highest BCUT2D eigenvalue weighted by Crippen LogP contribution is 2.44. The molecule has 0 spiro atoms. The van der Waals surface area contributed by atoms with Gasteiger partial charge in [-0.05, 0) is 57.5 Å². The fourth-order valence-electron chi connectivity index (χ4n) is 2.69. The van der Waals surface area contributed by atoms with Crippen LogP contribution < -0.4 is 14.2 Å². The van der Waals surface area contributed by atoms with E-state index in [2.05, 4.69) is 0 Å². The molecule has 7 heteroatoms. The second-order valence-electron chi connectivity index (χ2n) is 6.36. The van der Waals surface area contributed by atoms with Crippen molar-refractivity contribution in [2.45, 2.75) is 40.5 Å². The molecule has 0 fully saturated rings. The van der Waals surface area contributed by atoms with Crippen molar-refractivity contribution in [1.29, 1.82) is 0 Å². The average Bonchev–Trinajstić information content (AvgIpc) is 3.15. The summed E-state index contributed by atoms with van der Waals surface area (Å²) in [6.07, 6.45) is 3.34. The lowest BCUT2D eigenvalue weighted by molar-refractivity contribution is -0.152. The predicted octanol–water partition coefficient (Wildman–Crippen LogP) is 4.08. The molecule has 0 unspecified atom stereocenters. The number of ether oxygens (including phenoxy) is 5. The molecule has 0 N–H and O–H groups in total. The van der Waals surface area contributed by atoms with Crippen LogP contribution in [-0.2, 0) is 19.1 Å². The van der Waals surface area contributed by atoms with Crippen LogP contribution in [0.4, 0.5) is 0 Å². The third kappa shape index (κ3) is 4.65. The molecule has 0 aliphatic carbocycles. The first-order valence-electron chi connectivity index (χ1n) is 8.99. The third-order valence-electron chi connectivity index (χ3n) is 4.50. The van der Waals surface area contributed by atoms with E-state index < -0.39 is 23.8 Å². The molecular formula is C21H26O7. The number of hydrogen-bond donors (Lipinski definition) is 0. The Balaban J connectivity index is 2.46. The molecule has 2 atom stereocenters. The van der Waals surface area contributed by atoms with E-state index in [1.165, 1.54) is 7.11 Å². The van der Waals surface area contributed by atoms with E-state index in [0.29, 0.717) is 34.3 Å². The van der Waals surface area contributed by atoms with Crippen LogP contribution in [0.25, 0.3) is 0 Å². The highest BCUT2D eigenvalue weighted by atomic mass is 16.7. The summed E-state index contributed by atoms with van der Waals surface area (Å²) in [7, 11) is 1.49. The molecule has 1 heterocycles. The lowest BCUT2D eigenvalue weighted by atomic mass is 9.86. The molecule has 0 saturated carbocycles.